The van der Waals surface area contributed by atoms with Crippen LogP contribution >= 0.6 is 0 Å². The van der Waals surface area contributed by atoms with Gasteiger partial charge < -0.3 is 35.4 Å². The van der Waals surface area contributed by atoms with Crippen LogP contribution in [0.5, 0.6) is 0 Å². The van der Waals surface area contributed by atoms with Gasteiger partial charge >= 0.3 is 5.97 Å². The van der Waals surface area contributed by atoms with Gasteiger partial charge in [-0.2, -0.15) is 0 Å². The van der Waals surface area contributed by atoms with Crippen molar-refractivity contribution in [1.29, 1.82) is 0 Å². The van der Waals surface area contributed by atoms with E-state index in [0.717, 1.165) is 49.6 Å². The molecular weight excluding hydrogens is 350 g/mol. The fourth-order valence-corrected chi connectivity index (χ4v) is 2.79. The third-order valence-corrected chi connectivity index (χ3v) is 4.04. The van der Waals surface area contributed by atoms with E-state index in [9.17, 15) is 4.79 Å². The van der Waals surface area contributed by atoms with E-state index in [0.29, 0.717) is 12.4 Å². The maximum absolute atomic E-state index is 11.7. The molecule has 0 bridgehead atoms. The highest BCUT2D eigenvalue weighted by Gasteiger charge is 2.31. The summed E-state index contributed by atoms with van der Waals surface area (Å²) in [4.78, 5) is 11.7. The summed E-state index contributed by atoms with van der Waals surface area (Å²) in [5, 5.41) is 0. The molecule has 2 rings (SSSR count). The Morgan fingerprint density at radius 3 is 2.64 bits per heavy atom. The normalized spacial score (nSPS) is 16.8. The van der Waals surface area contributed by atoms with Crippen molar-refractivity contribution in [3.05, 3.63) is 23.7 Å². The van der Waals surface area contributed by atoms with E-state index >= 15 is 0 Å². The number of halogens is 1. The molecule has 0 N–H and O–H groups in total. The molecule has 2 heterocycles. The van der Waals surface area contributed by atoms with Crippen LogP contribution in [0.4, 0.5) is 0 Å². The molecule has 0 aliphatic carbocycles. The minimum atomic E-state index is -0.383. The lowest BCUT2D eigenvalue weighted by Gasteiger charge is -2.40. The summed E-state index contributed by atoms with van der Waals surface area (Å²) in [6.07, 6.45) is 2.39. The van der Waals surface area contributed by atoms with Gasteiger partial charge in [0.15, 0.2) is 5.76 Å². The number of unbranched alkanes of at least 4 members (excludes halogenated alkanes) is 1. The molecule has 22 heavy (non-hydrogen) atoms. The molecule has 126 valence electrons. The third kappa shape index (κ3) is 5.11. The SMILES string of the molecule is CCCC[N+]1(Cc2ccc(C(=O)OCC)o2)CCOCC1.[Br-]. The summed E-state index contributed by atoms with van der Waals surface area (Å²) in [6.45, 7) is 9.94. The Kier molecular flexibility index (Phi) is 8.14. The molecule has 5 nitrogen and oxygen atoms in total. The zero-order valence-corrected chi connectivity index (χ0v) is 15.1. The van der Waals surface area contributed by atoms with Crippen LogP contribution < -0.4 is 17.0 Å². The van der Waals surface area contributed by atoms with Crippen LogP contribution in [-0.2, 0) is 16.0 Å². The quantitative estimate of drug-likeness (QED) is 0.481. The van der Waals surface area contributed by atoms with Gasteiger partial charge in [0.2, 0.25) is 5.76 Å². The van der Waals surface area contributed by atoms with Gasteiger partial charge in [-0.3, -0.25) is 0 Å². The van der Waals surface area contributed by atoms with Crippen LogP contribution in [0.3, 0.4) is 0 Å². The first-order valence-electron chi connectivity index (χ1n) is 7.88. The fourth-order valence-electron chi connectivity index (χ4n) is 2.79. The molecule has 0 aromatic carbocycles. The van der Waals surface area contributed by atoms with Crippen molar-refractivity contribution in [3.8, 4) is 0 Å². The van der Waals surface area contributed by atoms with E-state index in [-0.39, 0.29) is 23.0 Å². The summed E-state index contributed by atoms with van der Waals surface area (Å²) >= 11 is 0. The van der Waals surface area contributed by atoms with Crippen LogP contribution in [-0.4, -0.2) is 49.9 Å². The Hall–Kier alpha value is -0.850. The van der Waals surface area contributed by atoms with Gasteiger partial charge in [-0.15, -0.1) is 0 Å². The first-order chi connectivity index (χ1) is 10.2. The molecular formula is C16H26BrNO4. The lowest BCUT2D eigenvalue weighted by molar-refractivity contribution is -0.948. The molecule has 0 unspecified atom stereocenters. The highest BCUT2D eigenvalue weighted by Crippen LogP contribution is 2.21. The van der Waals surface area contributed by atoms with E-state index in [1.807, 2.05) is 6.07 Å². The van der Waals surface area contributed by atoms with Gasteiger partial charge in [-0.05, 0) is 25.5 Å². The van der Waals surface area contributed by atoms with Crippen LogP contribution in [0.2, 0.25) is 0 Å². The van der Waals surface area contributed by atoms with E-state index in [1.165, 1.54) is 12.8 Å². The summed E-state index contributed by atoms with van der Waals surface area (Å²) in [6, 6.07) is 3.61. The van der Waals surface area contributed by atoms with Gasteiger partial charge in [0.05, 0.1) is 26.4 Å². The molecule has 1 saturated heterocycles. The number of quaternary nitrogens is 1. The van der Waals surface area contributed by atoms with E-state index < -0.39 is 0 Å². The number of hydrogen-bond donors (Lipinski definition) is 0. The molecule has 1 aliphatic rings. The lowest BCUT2D eigenvalue weighted by atomic mass is 10.2. The maximum Gasteiger partial charge on any atom is 0.374 e. The van der Waals surface area contributed by atoms with Crippen LogP contribution in [0.25, 0.3) is 0 Å². The molecule has 1 fully saturated rings. The zero-order chi connectivity index (χ0) is 15.1. The summed E-state index contributed by atoms with van der Waals surface area (Å²) in [7, 11) is 0. The predicted octanol–water partition coefficient (Wildman–Crippen LogP) is -0.393. The number of rotatable bonds is 7. The van der Waals surface area contributed by atoms with Crippen molar-refractivity contribution < 1.29 is 40.1 Å². The van der Waals surface area contributed by atoms with Crippen molar-refractivity contribution in [2.75, 3.05) is 39.5 Å². The number of hydrogen-bond acceptors (Lipinski definition) is 4. The first-order valence-corrected chi connectivity index (χ1v) is 7.88. The first kappa shape index (κ1) is 19.2. The molecule has 1 aromatic rings. The van der Waals surface area contributed by atoms with E-state index in [1.54, 1.807) is 13.0 Å². The van der Waals surface area contributed by atoms with Crippen molar-refractivity contribution in [2.45, 2.75) is 33.2 Å². The Bertz CT molecular complexity index is 455. The van der Waals surface area contributed by atoms with Crippen LogP contribution in [0.15, 0.2) is 16.5 Å². The predicted molar refractivity (Wildman–Crippen MR) is 79.0 cm³/mol. The van der Waals surface area contributed by atoms with Gasteiger partial charge in [0.1, 0.15) is 19.6 Å². The average Bonchev–Trinajstić information content (AvgIpc) is 2.95. The number of carbonyl (C=O) groups is 1. The Morgan fingerprint density at radius 1 is 1.27 bits per heavy atom. The Balaban J connectivity index is 0.00000242. The summed E-state index contributed by atoms with van der Waals surface area (Å²) in [5.41, 5.74) is 0. The molecule has 0 radical (unpaired) electrons. The van der Waals surface area contributed by atoms with Crippen LogP contribution in [0, 0.1) is 0 Å². The average molecular weight is 376 g/mol. The highest BCUT2D eigenvalue weighted by atomic mass is 79.9. The molecule has 0 atom stereocenters. The van der Waals surface area contributed by atoms with Crippen LogP contribution in [0.1, 0.15) is 43.0 Å². The number of morpholine rings is 1. The smallest absolute Gasteiger partial charge is 0.374 e. The molecule has 1 aliphatic heterocycles. The topological polar surface area (TPSA) is 48.7 Å². The molecule has 0 spiro atoms. The Morgan fingerprint density at radius 2 is 2.00 bits per heavy atom. The standard InChI is InChI=1S/C16H26NO4.BrH/c1-3-5-8-17(9-11-19-12-10-17)13-14-6-7-15(21-14)16(18)20-4-2;/h6-7H,3-5,8-13H2,1-2H3;1H/q+1;/p-1. The lowest BCUT2D eigenvalue weighted by Crippen LogP contribution is -3.00. The number of carbonyl (C=O) groups excluding carboxylic acids is 1. The summed E-state index contributed by atoms with van der Waals surface area (Å²) < 4.78 is 17.1. The van der Waals surface area contributed by atoms with Crippen molar-refractivity contribution >= 4 is 5.97 Å². The van der Waals surface area contributed by atoms with Gasteiger partial charge in [-0.25, -0.2) is 4.79 Å². The second-order valence-corrected chi connectivity index (χ2v) is 5.62. The molecule has 0 amide bonds. The van der Waals surface area contributed by atoms with Gasteiger partial charge in [0.25, 0.3) is 0 Å². The molecule has 6 heteroatoms. The van der Waals surface area contributed by atoms with Gasteiger partial charge in [-0.1, -0.05) is 13.3 Å². The third-order valence-electron chi connectivity index (χ3n) is 4.04. The fraction of sp³-hybridized carbons (Fsp3) is 0.688. The number of ether oxygens (including phenoxy) is 2. The number of esters is 1. The second-order valence-electron chi connectivity index (χ2n) is 5.62. The minimum absolute atomic E-state index is 0. The van der Waals surface area contributed by atoms with Crippen molar-refractivity contribution in [3.63, 3.8) is 0 Å². The van der Waals surface area contributed by atoms with E-state index in [2.05, 4.69) is 6.92 Å². The maximum atomic E-state index is 11.7. The second kappa shape index (κ2) is 9.33. The molecule has 0 saturated carbocycles. The largest absolute Gasteiger partial charge is 1.00 e. The number of nitrogens with zero attached hydrogens (tertiary/aromatic N) is 1. The zero-order valence-electron chi connectivity index (χ0n) is 13.5. The minimum Gasteiger partial charge on any atom is -1.00 e. The van der Waals surface area contributed by atoms with Crippen molar-refractivity contribution in [2.24, 2.45) is 0 Å². The molecule has 1 aromatic heterocycles. The monoisotopic (exact) mass is 375 g/mol. The highest BCUT2D eigenvalue weighted by molar-refractivity contribution is 5.86. The van der Waals surface area contributed by atoms with Gasteiger partial charge in [0, 0.05) is 0 Å². The van der Waals surface area contributed by atoms with Crippen molar-refractivity contribution in [1.82, 2.24) is 0 Å². The summed E-state index contributed by atoms with van der Waals surface area (Å²) in [5.74, 6) is 0.774. The number of furan rings is 1. The van der Waals surface area contributed by atoms with E-state index in [4.69, 9.17) is 13.9 Å². The Labute approximate surface area is 142 Å².